The molecule has 0 spiro atoms. The van der Waals surface area contributed by atoms with E-state index >= 15 is 0 Å². The summed E-state index contributed by atoms with van der Waals surface area (Å²) in [5, 5.41) is 10.5. The Bertz CT molecular complexity index is 868. The first kappa shape index (κ1) is 20.2. The predicted octanol–water partition coefficient (Wildman–Crippen LogP) is 4.64. The summed E-state index contributed by atoms with van der Waals surface area (Å²) in [4.78, 5) is 9.56. The molecule has 1 atom stereocenters. The van der Waals surface area contributed by atoms with Crippen LogP contribution in [-0.2, 0) is 6.18 Å². The molecule has 1 N–H and O–H groups in total. The van der Waals surface area contributed by atoms with E-state index in [1.807, 2.05) is 4.90 Å². The van der Waals surface area contributed by atoms with Gasteiger partial charge in [0.25, 0.3) is 0 Å². The summed E-state index contributed by atoms with van der Waals surface area (Å²) < 4.78 is 44.4. The number of hydrogen-bond donors (Lipinski definition) is 1. The molecule has 1 unspecified atom stereocenters. The third-order valence-electron chi connectivity index (χ3n) is 5.39. The van der Waals surface area contributed by atoms with E-state index in [9.17, 15) is 18.3 Å². The van der Waals surface area contributed by atoms with E-state index in [1.54, 1.807) is 18.5 Å². The van der Waals surface area contributed by atoms with E-state index in [4.69, 9.17) is 16.3 Å². The van der Waals surface area contributed by atoms with E-state index < -0.39 is 23.0 Å². The Morgan fingerprint density at radius 1 is 1.17 bits per heavy atom. The Morgan fingerprint density at radius 3 is 2.52 bits per heavy atom. The van der Waals surface area contributed by atoms with Gasteiger partial charge in [-0.05, 0) is 43.7 Å². The molecule has 2 aromatic rings. The fraction of sp³-hybridized carbons (Fsp3) is 0.500. The molecule has 0 radical (unpaired) electrons. The van der Waals surface area contributed by atoms with Crippen LogP contribution in [0.25, 0.3) is 0 Å². The lowest BCUT2D eigenvalue weighted by Gasteiger charge is -2.36. The van der Waals surface area contributed by atoms with Crippen molar-refractivity contribution in [2.75, 3.05) is 18.0 Å². The van der Waals surface area contributed by atoms with Crippen LogP contribution in [0.4, 0.5) is 18.9 Å². The molecule has 5 nitrogen and oxygen atoms in total. The smallest absolute Gasteiger partial charge is 0.434 e. The molecule has 0 aromatic carbocycles. The summed E-state index contributed by atoms with van der Waals surface area (Å²) in [5.41, 5.74) is 0.167. The van der Waals surface area contributed by atoms with Crippen LogP contribution in [-0.4, -0.2) is 34.3 Å². The first-order valence-corrected chi connectivity index (χ1v) is 9.97. The lowest BCUT2D eigenvalue weighted by molar-refractivity contribution is -0.141. The SMILES string of the molecule is OC(c1cnccc1OC1CC1)C1CCN(c2cnc(C(F)(F)F)c(Cl)c2)CC1. The Balaban J connectivity index is 1.41. The van der Waals surface area contributed by atoms with Crippen LogP contribution in [0.5, 0.6) is 5.75 Å². The Morgan fingerprint density at radius 2 is 1.90 bits per heavy atom. The fourth-order valence-electron chi connectivity index (χ4n) is 3.63. The van der Waals surface area contributed by atoms with E-state index in [0.29, 0.717) is 42.9 Å². The van der Waals surface area contributed by atoms with Crippen molar-refractivity contribution in [1.29, 1.82) is 0 Å². The van der Waals surface area contributed by atoms with Gasteiger partial charge >= 0.3 is 6.18 Å². The average molecular weight is 428 g/mol. The molecule has 2 fully saturated rings. The van der Waals surface area contributed by atoms with Crippen molar-refractivity contribution in [3.63, 3.8) is 0 Å². The summed E-state index contributed by atoms with van der Waals surface area (Å²) in [5.74, 6) is 0.686. The molecule has 0 amide bonds. The molecule has 0 bridgehead atoms. The number of piperidine rings is 1. The van der Waals surface area contributed by atoms with Gasteiger partial charge in [-0.2, -0.15) is 13.2 Å². The molecule has 2 aromatic heterocycles. The second-order valence-corrected chi connectivity index (χ2v) is 7.93. The molecule has 1 aliphatic heterocycles. The van der Waals surface area contributed by atoms with Gasteiger partial charge in [-0.3, -0.25) is 4.98 Å². The van der Waals surface area contributed by atoms with Gasteiger partial charge in [0.15, 0.2) is 5.69 Å². The number of pyridine rings is 2. The molecule has 2 aliphatic rings. The summed E-state index contributed by atoms with van der Waals surface area (Å²) in [6, 6.07) is 3.08. The maximum Gasteiger partial charge on any atom is 0.434 e. The zero-order valence-electron chi connectivity index (χ0n) is 15.6. The molecule has 29 heavy (non-hydrogen) atoms. The maximum atomic E-state index is 12.8. The van der Waals surface area contributed by atoms with Gasteiger partial charge in [0.1, 0.15) is 5.75 Å². The summed E-state index contributed by atoms with van der Waals surface area (Å²) in [7, 11) is 0. The normalized spacial score (nSPS) is 19.3. The van der Waals surface area contributed by atoms with Crippen molar-refractivity contribution in [3.05, 3.63) is 47.0 Å². The van der Waals surface area contributed by atoms with Gasteiger partial charge in [0, 0.05) is 31.0 Å². The number of ether oxygens (including phenoxy) is 1. The largest absolute Gasteiger partial charge is 0.490 e. The third kappa shape index (κ3) is 4.59. The number of aliphatic hydroxyl groups excluding tert-OH is 1. The Hall–Kier alpha value is -2.06. The van der Waals surface area contributed by atoms with E-state index in [0.717, 1.165) is 12.8 Å². The van der Waals surface area contributed by atoms with Gasteiger partial charge in [-0.1, -0.05) is 11.6 Å². The highest BCUT2D eigenvalue weighted by Crippen LogP contribution is 2.39. The Kier molecular flexibility index (Phi) is 5.57. The number of anilines is 1. The first-order valence-electron chi connectivity index (χ1n) is 9.59. The van der Waals surface area contributed by atoms with Crippen molar-refractivity contribution < 1.29 is 23.0 Å². The first-order chi connectivity index (χ1) is 13.8. The van der Waals surface area contributed by atoms with Gasteiger partial charge in [-0.15, -0.1) is 0 Å². The van der Waals surface area contributed by atoms with Gasteiger partial charge in [0.2, 0.25) is 0 Å². The number of nitrogens with zero attached hydrogens (tertiary/aromatic N) is 3. The van der Waals surface area contributed by atoms with Gasteiger partial charge < -0.3 is 14.7 Å². The molecule has 156 valence electrons. The molecule has 1 saturated carbocycles. The minimum atomic E-state index is -4.57. The van der Waals surface area contributed by atoms with Crippen LogP contribution in [0, 0.1) is 5.92 Å². The predicted molar refractivity (Wildman–Crippen MR) is 102 cm³/mol. The summed E-state index contributed by atoms with van der Waals surface area (Å²) in [6.07, 6.45) is 2.86. The minimum absolute atomic E-state index is 0.00915. The second kappa shape index (κ2) is 7.99. The number of halogens is 4. The van der Waals surface area contributed by atoms with Crippen LogP contribution >= 0.6 is 11.6 Å². The van der Waals surface area contributed by atoms with Crippen molar-refractivity contribution >= 4 is 17.3 Å². The monoisotopic (exact) mass is 427 g/mol. The van der Waals surface area contributed by atoms with E-state index in [1.165, 1.54) is 12.3 Å². The molecule has 1 saturated heterocycles. The number of hydrogen-bond acceptors (Lipinski definition) is 5. The van der Waals surface area contributed by atoms with Crippen molar-refractivity contribution in [2.24, 2.45) is 5.92 Å². The summed E-state index contributed by atoms with van der Waals surface area (Å²) >= 11 is 5.79. The zero-order chi connectivity index (χ0) is 20.6. The number of alkyl halides is 3. The Labute approximate surface area is 171 Å². The van der Waals surface area contributed by atoms with E-state index in [2.05, 4.69) is 9.97 Å². The zero-order valence-corrected chi connectivity index (χ0v) is 16.3. The molecule has 9 heteroatoms. The number of aliphatic hydroxyl groups is 1. The average Bonchev–Trinajstić information content (AvgIpc) is 3.51. The number of rotatable bonds is 5. The van der Waals surface area contributed by atoms with Crippen LogP contribution in [0.3, 0.4) is 0 Å². The van der Waals surface area contributed by atoms with Crippen molar-refractivity contribution in [3.8, 4) is 5.75 Å². The highest BCUT2D eigenvalue weighted by Gasteiger charge is 2.36. The van der Waals surface area contributed by atoms with E-state index in [-0.39, 0.29) is 12.0 Å². The van der Waals surface area contributed by atoms with Crippen molar-refractivity contribution in [2.45, 2.75) is 44.1 Å². The van der Waals surface area contributed by atoms with Crippen molar-refractivity contribution in [1.82, 2.24) is 9.97 Å². The lowest BCUT2D eigenvalue weighted by atomic mass is 9.87. The molecular weight excluding hydrogens is 407 g/mol. The lowest BCUT2D eigenvalue weighted by Crippen LogP contribution is -2.36. The standard InChI is InChI=1S/C20H21ClF3N3O2/c21-16-9-13(10-26-19(16)20(22,23)24)27-7-4-12(5-8-27)18(28)15-11-25-6-3-17(15)29-14-1-2-14/h3,6,9-12,14,18,28H,1-2,4-5,7-8H2. The second-order valence-electron chi connectivity index (χ2n) is 7.52. The topological polar surface area (TPSA) is 58.5 Å². The summed E-state index contributed by atoms with van der Waals surface area (Å²) in [6.45, 7) is 1.17. The minimum Gasteiger partial charge on any atom is -0.490 e. The fourth-order valence-corrected chi connectivity index (χ4v) is 3.89. The van der Waals surface area contributed by atoms with Gasteiger partial charge in [-0.25, -0.2) is 4.98 Å². The highest BCUT2D eigenvalue weighted by atomic mass is 35.5. The van der Waals surface area contributed by atoms with Crippen LogP contribution < -0.4 is 9.64 Å². The number of aromatic nitrogens is 2. The quantitative estimate of drug-likeness (QED) is 0.753. The van der Waals surface area contributed by atoms with Crippen LogP contribution in [0.15, 0.2) is 30.7 Å². The highest BCUT2D eigenvalue weighted by molar-refractivity contribution is 6.31. The van der Waals surface area contributed by atoms with Crippen LogP contribution in [0.1, 0.15) is 43.0 Å². The molecule has 3 heterocycles. The molecule has 4 rings (SSSR count). The third-order valence-corrected chi connectivity index (χ3v) is 5.68. The molecule has 1 aliphatic carbocycles. The molecular formula is C20H21ClF3N3O2. The van der Waals surface area contributed by atoms with Crippen LogP contribution in [0.2, 0.25) is 5.02 Å². The van der Waals surface area contributed by atoms with Gasteiger partial charge in [0.05, 0.1) is 29.1 Å². The maximum absolute atomic E-state index is 12.8.